The van der Waals surface area contributed by atoms with E-state index in [1.165, 1.54) is 0 Å². The molecule has 6 nitrogen and oxygen atoms in total. The predicted molar refractivity (Wildman–Crippen MR) is 91.7 cm³/mol. The van der Waals surface area contributed by atoms with Crippen LogP contribution in [0.15, 0.2) is 54.7 Å². The van der Waals surface area contributed by atoms with Gasteiger partial charge in [0.1, 0.15) is 5.75 Å². The van der Waals surface area contributed by atoms with Crippen LogP contribution in [-0.4, -0.2) is 27.5 Å². The van der Waals surface area contributed by atoms with E-state index < -0.39 is 0 Å². The zero-order valence-corrected chi connectivity index (χ0v) is 13.6. The van der Waals surface area contributed by atoms with Crippen LogP contribution in [0.25, 0.3) is 5.69 Å². The van der Waals surface area contributed by atoms with E-state index in [4.69, 9.17) is 4.74 Å². The highest BCUT2D eigenvalue weighted by Gasteiger charge is 2.14. The third-order valence-corrected chi connectivity index (χ3v) is 3.46. The van der Waals surface area contributed by atoms with Crippen molar-refractivity contribution in [2.24, 2.45) is 0 Å². The SMILES string of the molecule is CCOc1ccccc1NC(=O)c1cn(-c2ccc(C)cc2)nn1. The second-order valence-electron chi connectivity index (χ2n) is 5.27. The van der Waals surface area contributed by atoms with Crippen molar-refractivity contribution >= 4 is 11.6 Å². The number of nitrogens with one attached hydrogen (secondary N) is 1. The van der Waals surface area contributed by atoms with Crippen molar-refractivity contribution in [3.05, 3.63) is 66.0 Å². The Bertz CT molecular complexity index is 840. The van der Waals surface area contributed by atoms with Crippen LogP contribution in [0.5, 0.6) is 5.75 Å². The first kappa shape index (κ1) is 15.7. The van der Waals surface area contributed by atoms with E-state index in [0.29, 0.717) is 18.0 Å². The molecule has 0 unspecified atom stereocenters. The summed E-state index contributed by atoms with van der Waals surface area (Å²) in [6, 6.07) is 15.1. The van der Waals surface area contributed by atoms with E-state index in [9.17, 15) is 4.79 Å². The summed E-state index contributed by atoms with van der Waals surface area (Å²) < 4.78 is 7.08. The normalized spacial score (nSPS) is 10.4. The molecule has 0 saturated heterocycles. The number of hydrogen-bond acceptors (Lipinski definition) is 4. The number of aromatic nitrogens is 3. The van der Waals surface area contributed by atoms with Crippen LogP contribution in [0.1, 0.15) is 23.0 Å². The van der Waals surface area contributed by atoms with Gasteiger partial charge in [-0.15, -0.1) is 5.10 Å². The summed E-state index contributed by atoms with van der Waals surface area (Å²) in [6.45, 7) is 4.43. The maximum atomic E-state index is 12.4. The molecule has 0 aliphatic rings. The zero-order chi connectivity index (χ0) is 16.9. The van der Waals surface area contributed by atoms with Gasteiger partial charge in [0.15, 0.2) is 5.69 Å². The van der Waals surface area contributed by atoms with Crippen molar-refractivity contribution in [3.63, 3.8) is 0 Å². The zero-order valence-electron chi connectivity index (χ0n) is 13.6. The highest BCUT2D eigenvalue weighted by molar-refractivity contribution is 6.03. The lowest BCUT2D eigenvalue weighted by Gasteiger charge is -2.09. The number of hydrogen-bond donors (Lipinski definition) is 1. The minimum absolute atomic E-state index is 0.238. The molecule has 0 aliphatic carbocycles. The first-order valence-electron chi connectivity index (χ1n) is 7.70. The Morgan fingerprint density at radius 2 is 1.92 bits per heavy atom. The maximum Gasteiger partial charge on any atom is 0.277 e. The molecule has 0 saturated carbocycles. The third-order valence-electron chi connectivity index (χ3n) is 3.46. The Morgan fingerprint density at radius 1 is 1.17 bits per heavy atom. The van der Waals surface area contributed by atoms with Crippen molar-refractivity contribution in [1.29, 1.82) is 0 Å². The van der Waals surface area contributed by atoms with E-state index >= 15 is 0 Å². The van der Waals surface area contributed by atoms with Gasteiger partial charge in [-0.3, -0.25) is 4.79 Å². The van der Waals surface area contributed by atoms with Crippen LogP contribution >= 0.6 is 0 Å². The minimum Gasteiger partial charge on any atom is -0.492 e. The topological polar surface area (TPSA) is 69.0 Å². The first-order valence-corrected chi connectivity index (χ1v) is 7.70. The quantitative estimate of drug-likeness (QED) is 0.783. The lowest BCUT2D eigenvalue weighted by atomic mass is 10.2. The van der Waals surface area contributed by atoms with Gasteiger partial charge in [-0.25, -0.2) is 4.68 Å². The Morgan fingerprint density at radius 3 is 2.67 bits per heavy atom. The molecule has 0 atom stereocenters. The Balaban J connectivity index is 1.78. The van der Waals surface area contributed by atoms with Crippen LogP contribution in [-0.2, 0) is 0 Å². The van der Waals surface area contributed by atoms with Crippen molar-refractivity contribution in [1.82, 2.24) is 15.0 Å². The summed E-state index contributed by atoms with van der Waals surface area (Å²) >= 11 is 0. The number of ether oxygens (including phenoxy) is 1. The summed E-state index contributed by atoms with van der Waals surface area (Å²) in [6.07, 6.45) is 1.60. The van der Waals surface area contributed by atoms with E-state index in [-0.39, 0.29) is 11.6 Å². The van der Waals surface area contributed by atoms with Crippen molar-refractivity contribution < 1.29 is 9.53 Å². The van der Waals surface area contributed by atoms with Gasteiger partial charge in [-0.2, -0.15) is 0 Å². The number of para-hydroxylation sites is 2. The molecular weight excluding hydrogens is 304 g/mol. The molecule has 0 radical (unpaired) electrons. The third kappa shape index (κ3) is 3.43. The van der Waals surface area contributed by atoms with Gasteiger partial charge < -0.3 is 10.1 Å². The number of aryl methyl sites for hydroxylation is 1. The van der Waals surface area contributed by atoms with Crippen LogP contribution < -0.4 is 10.1 Å². The smallest absolute Gasteiger partial charge is 0.277 e. The van der Waals surface area contributed by atoms with Gasteiger partial charge in [0.05, 0.1) is 24.2 Å². The molecular formula is C18H18N4O2. The van der Waals surface area contributed by atoms with Crippen LogP contribution in [0.3, 0.4) is 0 Å². The number of benzene rings is 2. The van der Waals surface area contributed by atoms with Gasteiger partial charge in [0.2, 0.25) is 0 Å². The standard InChI is InChI=1S/C18H18N4O2/c1-3-24-17-7-5-4-6-15(17)19-18(23)16-12-22(21-20-16)14-10-8-13(2)9-11-14/h4-12H,3H2,1-2H3,(H,19,23). The van der Waals surface area contributed by atoms with Crippen LogP contribution in [0, 0.1) is 6.92 Å². The molecule has 1 heterocycles. The molecule has 1 N–H and O–H groups in total. The van der Waals surface area contributed by atoms with Crippen molar-refractivity contribution in [3.8, 4) is 11.4 Å². The van der Waals surface area contributed by atoms with Gasteiger partial charge in [0, 0.05) is 0 Å². The second kappa shape index (κ2) is 6.95. The van der Waals surface area contributed by atoms with Crippen molar-refractivity contribution in [2.45, 2.75) is 13.8 Å². The van der Waals surface area contributed by atoms with E-state index in [0.717, 1.165) is 11.3 Å². The molecule has 0 spiro atoms. The molecule has 3 aromatic rings. The number of amides is 1. The van der Waals surface area contributed by atoms with E-state index in [1.807, 2.05) is 56.3 Å². The highest BCUT2D eigenvalue weighted by atomic mass is 16.5. The van der Waals surface area contributed by atoms with E-state index in [2.05, 4.69) is 15.6 Å². The summed E-state index contributed by atoms with van der Waals surface area (Å²) in [5, 5.41) is 10.8. The summed E-state index contributed by atoms with van der Waals surface area (Å²) in [7, 11) is 0. The van der Waals surface area contributed by atoms with Gasteiger partial charge in [0.25, 0.3) is 5.91 Å². The number of rotatable bonds is 5. The fourth-order valence-corrected chi connectivity index (χ4v) is 2.23. The fraction of sp³-hybridized carbons (Fsp3) is 0.167. The molecule has 24 heavy (non-hydrogen) atoms. The maximum absolute atomic E-state index is 12.4. The Hall–Kier alpha value is -3.15. The lowest BCUT2D eigenvalue weighted by Crippen LogP contribution is -2.13. The van der Waals surface area contributed by atoms with Gasteiger partial charge in [-0.05, 0) is 38.1 Å². The molecule has 2 aromatic carbocycles. The first-order chi connectivity index (χ1) is 11.7. The van der Waals surface area contributed by atoms with Crippen LogP contribution in [0.2, 0.25) is 0 Å². The number of carbonyl (C=O) groups is 1. The second-order valence-corrected chi connectivity index (χ2v) is 5.27. The molecule has 0 bridgehead atoms. The minimum atomic E-state index is -0.333. The van der Waals surface area contributed by atoms with E-state index in [1.54, 1.807) is 16.9 Å². The number of anilines is 1. The summed E-state index contributed by atoms with van der Waals surface area (Å²) in [4.78, 5) is 12.4. The molecule has 1 amide bonds. The summed E-state index contributed by atoms with van der Waals surface area (Å²) in [5.74, 6) is 0.291. The largest absolute Gasteiger partial charge is 0.492 e. The molecule has 0 aliphatic heterocycles. The fourth-order valence-electron chi connectivity index (χ4n) is 2.23. The average Bonchev–Trinajstić information content (AvgIpc) is 3.08. The molecule has 122 valence electrons. The number of nitrogens with zero attached hydrogens (tertiary/aromatic N) is 3. The lowest BCUT2D eigenvalue weighted by molar-refractivity contribution is 0.102. The molecule has 0 fully saturated rings. The summed E-state index contributed by atoms with van der Waals surface area (Å²) in [5.41, 5.74) is 2.85. The van der Waals surface area contributed by atoms with Gasteiger partial charge >= 0.3 is 0 Å². The molecule has 6 heteroatoms. The monoisotopic (exact) mass is 322 g/mol. The highest BCUT2D eigenvalue weighted by Crippen LogP contribution is 2.24. The van der Waals surface area contributed by atoms with Crippen LogP contribution in [0.4, 0.5) is 5.69 Å². The van der Waals surface area contributed by atoms with Gasteiger partial charge in [-0.1, -0.05) is 35.0 Å². The predicted octanol–water partition coefficient (Wildman–Crippen LogP) is 3.23. The Kier molecular flexibility index (Phi) is 4.56. The molecule has 3 rings (SSSR count). The Labute approximate surface area is 140 Å². The average molecular weight is 322 g/mol. The molecule has 1 aromatic heterocycles. The number of carbonyl (C=O) groups excluding carboxylic acids is 1. The van der Waals surface area contributed by atoms with Crippen molar-refractivity contribution in [2.75, 3.05) is 11.9 Å².